The van der Waals surface area contributed by atoms with Gasteiger partial charge in [0.1, 0.15) is 12.4 Å². The third-order valence-electron chi connectivity index (χ3n) is 5.71. The third kappa shape index (κ3) is 5.47. The van der Waals surface area contributed by atoms with Gasteiger partial charge in [-0.1, -0.05) is 60.7 Å². The molecule has 1 saturated heterocycles. The standard InChI is InChI=1S/C27H26N2O4/c30-25(19-33-21-12-5-2-6-13-21)24-16-9-17-29(24)27(32)23-15-8-7-14-22(23)26(31)28-18-20-10-3-1-4-11-20/h1-8,10-15,24H,9,16-19H2,(H,28,31)/t24-/m0/s1. The quantitative estimate of drug-likeness (QED) is 0.575. The first kappa shape index (κ1) is 22.3. The number of likely N-dealkylation sites (tertiary alicyclic amines) is 1. The van der Waals surface area contributed by atoms with Gasteiger partial charge in [0.05, 0.1) is 17.2 Å². The summed E-state index contributed by atoms with van der Waals surface area (Å²) in [6.45, 7) is 0.738. The van der Waals surface area contributed by atoms with Gasteiger partial charge in [-0.15, -0.1) is 0 Å². The average Bonchev–Trinajstić information content (AvgIpc) is 3.37. The number of para-hydroxylation sites is 1. The van der Waals surface area contributed by atoms with Crippen LogP contribution >= 0.6 is 0 Å². The van der Waals surface area contributed by atoms with Crippen LogP contribution in [0.4, 0.5) is 0 Å². The van der Waals surface area contributed by atoms with E-state index in [0.717, 1.165) is 12.0 Å². The first-order valence-electron chi connectivity index (χ1n) is 11.1. The van der Waals surface area contributed by atoms with E-state index in [1.165, 1.54) is 0 Å². The zero-order valence-electron chi connectivity index (χ0n) is 18.3. The first-order valence-corrected chi connectivity index (χ1v) is 11.1. The van der Waals surface area contributed by atoms with Crippen LogP contribution in [0.3, 0.4) is 0 Å². The summed E-state index contributed by atoms with van der Waals surface area (Å²) in [6.07, 6.45) is 1.32. The van der Waals surface area contributed by atoms with Gasteiger partial charge in [0, 0.05) is 13.1 Å². The summed E-state index contributed by atoms with van der Waals surface area (Å²) in [5, 5.41) is 2.88. The summed E-state index contributed by atoms with van der Waals surface area (Å²) < 4.78 is 5.60. The summed E-state index contributed by atoms with van der Waals surface area (Å²) in [5.41, 5.74) is 1.57. The van der Waals surface area contributed by atoms with Crippen LogP contribution in [0.15, 0.2) is 84.9 Å². The van der Waals surface area contributed by atoms with Gasteiger partial charge in [-0.05, 0) is 42.7 Å². The second-order valence-electron chi connectivity index (χ2n) is 7.94. The summed E-state index contributed by atoms with van der Waals surface area (Å²) in [7, 11) is 0. The number of amides is 2. The molecule has 0 unspecified atom stereocenters. The molecule has 1 atom stereocenters. The number of carbonyl (C=O) groups is 3. The molecule has 0 aliphatic carbocycles. The van der Waals surface area contributed by atoms with Crippen molar-refractivity contribution in [3.8, 4) is 5.75 Å². The van der Waals surface area contributed by atoms with E-state index in [1.807, 2.05) is 48.5 Å². The number of Topliss-reactive ketones (excluding diaryl/α,β-unsaturated/α-hetero) is 1. The predicted octanol–water partition coefficient (Wildman–Crippen LogP) is 3.87. The van der Waals surface area contributed by atoms with Gasteiger partial charge in [-0.3, -0.25) is 14.4 Å². The van der Waals surface area contributed by atoms with Crippen molar-refractivity contribution in [1.82, 2.24) is 10.2 Å². The van der Waals surface area contributed by atoms with E-state index in [0.29, 0.717) is 36.4 Å². The van der Waals surface area contributed by atoms with Crippen LogP contribution in [0.5, 0.6) is 5.75 Å². The van der Waals surface area contributed by atoms with E-state index in [9.17, 15) is 14.4 Å². The third-order valence-corrected chi connectivity index (χ3v) is 5.71. The first-order chi connectivity index (χ1) is 16.1. The molecule has 1 heterocycles. The fourth-order valence-electron chi connectivity index (χ4n) is 4.01. The van der Waals surface area contributed by atoms with E-state index in [4.69, 9.17) is 4.74 Å². The normalized spacial score (nSPS) is 15.2. The maximum atomic E-state index is 13.4. The molecule has 0 bridgehead atoms. The number of ketones is 1. The van der Waals surface area contributed by atoms with E-state index >= 15 is 0 Å². The van der Waals surface area contributed by atoms with Crippen LogP contribution in [0.25, 0.3) is 0 Å². The van der Waals surface area contributed by atoms with Crippen molar-refractivity contribution in [3.63, 3.8) is 0 Å². The van der Waals surface area contributed by atoms with Crippen molar-refractivity contribution in [2.75, 3.05) is 13.2 Å². The minimum absolute atomic E-state index is 0.0995. The molecule has 6 nitrogen and oxygen atoms in total. The minimum Gasteiger partial charge on any atom is -0.486 e. The lowest BCUT2D eigenvalue weighted by atomic mass is 10.0. The van der Waals surface area contributed by atoms with Crippen LogP contribution in [0.1, 0.15) is 39.1 Å². The lowest BCUT2D eigenvalue weighted by molar-refractivity contribution is -0.124. The Morgan fingerprint density at radius 2 is 1.48 bits per heavy atom. The van der Waals surface area contributed by atoms with Crippen LogP contribution in [-0.2, 0) is 11.3 Å². The molecule has 1 N–H and O–H groups in total. The molecule has 0 radical (unpaired) electrons. The Balaban J connectivity index is 1.44. The van der Waals surface area contributed by atoms with E-state index in [-0.39, 0.29) is 24.2 Å². The van der Waals surface area contributed by atoms with Crippen molar-refractivity contribution in [2.45, 2.75) is 25.4 Å². The van der Waals surface area contributed by atoms with Gasteiger partial charge >= 0.3 is 0 Å². The van der Waals surface area contributed by atoms with Gasteiger partial charge in [0.25, 0.3) is 11.8 Å². The van der Waals surface area contributed by atoms with Crippen LogP contribution in [-0.4, -0.2) is 41.7 Å². The Hall–Kier alpha value is -3.93. The minimum atomic E-state index is -0.554. The molecule has 168 valence electrons. The fourth-order valence-corrected chi connectivity index (χ4v) is 4.01. The van der Waals surface area contributed by atoms with Gasteiger partial charge in [0.15, 0.2) is 5.78 Å². The highest BCUT2D eigenvalue weighted by Gasteiger charge is 2.35. The fraction of sp³-hybridized carbons (Fsp3) is 0.222. The highest BCUT2D eigenvalue weighted by Crippen LogP contribution is 2.23. The van der Waals surface area contributed by atoms with Crippen molar-refractivity contribution in [3.05, 3.63) is 102 Å². The second kappa shape index (κ2) is 10.6. The lowest BCUT2D eigenvalue weighted by Crippen LogP contribution is -2.43. The molecule has 2 amide bonds. The topological polar surface area (TPSA) is 75.7 Å². The van der Waals surface area contributed by atoms with Crippen LogP contribution in [0.2, 0.25) is 0 Å². The Kier molecular flexibility index (Phi) is 7.15. The molecule has 4 rings (SSSR count). The molecule has 6 heteroatoms. The number of nitrogens with one attached hydrogen (secondary N) is 1. The zero-order chi connectivity index (χ0) is 23.0. The molecule has 1 aliphatic heterocycles. The monoisotopic (exact) mass is 442 g/mol. The van der Waals surface area contributed by atoms with Gasteiger partial charge < -0.3 is 15.0 Å². The molecule has 0 spiro atoms. The number of hydrogen-bond donors (Lipinski definition) is 1. The maximum Gasteiger partial charge on any atom is 0.255 e. The van der Waals surface area contributed by atoms with E-state index in [1.54, 1.807) is 41.3 Å². The Morgan fingerprint density at radius 1 is 0.848 bits per heavy atom. The summed E-state index contributed by atoms with van der Waals surface area (Å²) >= 11 is 0. The van der Waals surface area contributed by atoms with Crippen molar-refractivity contribution < 1.29 is 19.1 Å². The zero-order valence-corrected chi connectivity index (χ0v) is 18.3. The second-order valence-corrected chi connectivity index (χ2v) is 7.94. The Morgan fingerprint density at radius 3 is 2.21 bits per heavy atom. The van der Waals surface area contributed by atoms with Gasteiger partial charge in [-0.25, -0.2) is 0 Å². The highest BCUT2D eigenvalue weighted by molar-refractivity contribution is 6.08. The number of carbonyl (C=O) groups excluding carboxylic acids is 3. The molecular weight excluding hydrogens is 416 g/mol. The predicted molar refractivity (Wildman–Crippen MR) is 125 cm³/mol. The maximum absolute atomic E-state index is 13.4. The number of rotatable bonds is 8. The molecule has 33 heavy (non-hydrogen) atoms. The Labute approximate surface area is 193 Å². The van der Waals surface area contributed by atoms with Crippen molar-refractivity contribution in [2.24, 2.45) is 0 Å². The van der Waals surface area contributed by atoms with Crippen LogP contribution < -0.4 is 10.1 Å². The average molecular weight is 443 g/mol. The van der Waals surface area contributed by atoms with E-state index < -0.39 is 6.04 Å². The van der Waals surface area contributed by atoms with Gasteiger partial charge in [-0.2, -0.15) is 0 Å². The van der Waals surface area contributed by atoms with Crippen molar-refractivity contribution in [1.29, 1.82) is 0 Å². The highest BCUT2D eigenvalue weighted by atomic mass is 16.5. The van der Waals surface area contributed by atoms with E-state index in [2.05, 4.69) is 5.32 Å². The molecule has 3 aromatic rings. The van der Waals surface area contributed by atoms with Gasteiger partial charge in [0.2, 0.25) is 0 Å². The summed E-state index contributed by atoms with van der Waals surface area (Å²) in [4.78, 5) is 40.7. The number of benzene rings is 3. The Bertz CT molecular complexity index is 1120. The molecule has 0 aromatic heterocycles. The van der Waals surface area contributed by atoms with Crippen molar-refractivity contribution >= 4 is 17.6 Å². The smallest absolute Gasteiger partial charge is 0.255 e. The molecule has 1 aliphatic rings. The van der Waals surface area contributed by atoms with Crippen LogP contribution in [0, 0.1) is 0 Å². The largest absolute Gasteiger partial charge is 0.486 e. The number of hydrogen-bond acceptors (Lipinski definition) is 4. The number of ether oxygens (including phenoxy) is 1. The molecule has 0 saturated carbocycles. The SMILES string of the molecule is O=C(NCc1ccccc1)c1ccccc1C(=O)N1CCC[C@H]1C(=O)COc1ccccc1. The molecule has 3 aromatic carbocycles. The molecular formula is C27H26N2O4. The summed E-state index contributed by atoms with van der Waals surface area (Å²) in [6, 6.07) is 24.9. The molecule has 1 fully saturated rings. The lowest BCUT2D eigenvalue weighted by Gasteiger charge is -2.24. The summed E-state index contributed by atoms with van der Waals surface area (Å²) in [5.74, 6) is -0.161. The number of nitrogens with zero attached hydrogens (tertiary/aromatic N) is 1.